The topological polar surface area (TPSA) is 50.4 Å². The Balaban J connectivity index is 1.83. The van der Waals surface area contributed by atoms with E-state index in [9.17, 15) is 4.79 Å². The van der Waals surface area contributed by atoms with Crippen molar-refractivity contribution in [2.45, 2.75) is 44.7 Å². The highest BCUT2D eigenvalue weighted by molar-refractivity contribution is 5.81. The summed E-state index contributed by atoms with van der Waals surface area (Å²) >= 11 is 0. The fourth-order valence-corrected chi connectivity index (χ4v) is 2.50. The van der Waals surface area contributed by atoms with Crippen LogP contribution < -0.4 is 10.6 Å². The van der Waals surface area contributed by atoms with Gasteiger partial charge in [-0.25, -0.2) is 0 Å². The van der Waals surface area contributed by atoms with Gasteiger partial charge in [0, 0.05) is 19.2 Å². The summed E-state index contributed by atoms with van der Waals surface area (Å²) in [6.07, 6.45) is 4.31. The van der Waals surface area contributed by atoms with Gasteiger partial charge in [-0.15, -0.1) is 0 Å². The molecule has 2 rings (SSSR count). The minimum Gasteiger partial charge on any atom is -0.381 e. The molecule has 3 unspecified atom stereocenters. The first kappa shape index (κ1) is 11.9. The van der Waals surface area contributed by atoms with E-state index < -0.39 is 0 Å². The Hall–Kier alpha value is -0.610. The summed E-state index contributed by atoms with van der Waals surface area (Å²) < 4.78 is 5.38. The fraction of sp³-hybridized carbons (Fsp3) is 0.917. The molecule has 0 aromatic heterocycles. The van der Waals surface area contributed by atoms with E-state index in [4.69, 9.17) is 4.74 Å². The molecule has 4 heteroatoms. The molecule has 92 valence electrons. The lowest BCUT2D eigenvalue weighted by atomic mass is 9.99. The molecule has 0 aliphatic carbocycles. The molecule has 16 heavy (non-hydrogen) atoms. The molecule has 2 aliphatic rings. The van der Waals surface area contributed by atoms with E-state index in [1.165, 1.54) is 0 Å². The van der Waals surface area contributed by atoms with Crippen LogP contribution in [0.25, 0.3) is 0 Å². The average molecular weight is 226 g/mol. The first-order valence-electron chi connectivity index (χ1n) is 6.39. The van der Waals surface area contributed by atoms with Gasteiger partial charge in [0.25, 0.3) is 0 Å². The number of hydrogen-bond acceptors (Lipinski definition) is 3. The van der Waals surface area contributed by atoms with Crippen molar-refractivity contribution in [2.24, 2.45) is 5.92 Å². The van der Waals surface area contributed by atoms with Crippen molar-refractivity contribution in [3.05, 3.63) is 0 Å². The highest BCUT2D eigenvalue weighted by Crippen LogP contribution is 2.17. The van der Waals surface area contributed by atoms with Crippen LogP contribution in [-0.2, 0) is 9.53 Å². The van der Waals surface area contributed by atoms with Crippen molar-refractivity contribution >= 4 is 5.91 Å². The maximum atomic E-state index is 11.8. The molecule has 3 atom stereocenters. The number of rotatable bonds is 3. The first-order chi connectivity index (χ1) is 7.77. The van der Waals surface area contributed by atoms with Crippen molar-refractivity contribution in [1.29, 1.82) is 0 Å². The van der Waals surface area contributed by atoms with Gasteiger partial charge in [-0.05, 0) is 38.5 Å². The SMILES string of the molecule is CC(NC1CCCCNC1=O)C1CCOC1. The molecule has 1 amide bonds. The van der Waals surface area contributed by atoms with Gasteiger partial charge in [0.05, 0.1) is 12.6 Å². The van der Waals surface area contributed by atoms with E-state index in [2.05, 4.69) is 17.6 Å². The van der Waals surface area contributed by atoms with E-state index in [1.54, 1.807) is 0 Å². The Morgan fingerprint density at radius 3 is 3.06 bits per heavy atom. The summed E-state index contributed by atoms with van der Waals surface area (Å²) in [6, 6.07) is 0.370. The number of ether oxygens (including phenoxy) is 1. The largest absolute Gasteiger partial charge is 0.381 e. The van der Waals surface area contributed by atoms with Crippen LogP contribution in [0.3, 0.4) is 0 Å². The molecule has 0 radical (unpaired) electrons. The maximum absolute atomic E-state index is 11.8. The van der Waals surface area contributed by atoms with E-state index in [-0.39, 0.29) is 11.9 Å². The second-order valence-electron chi connectivity index (χ2n) is 4.92. The monoisotopic (exact) mass is 226 g/mol. The maximum Gasteiger partial charge on any atom is 0.237 e. The van der Waals surface area contributed by atoms with Gasteiger partial charge in [-0.1, -0.05) is 0 Å². The molecule has 2 fully saturated rings. The average Bonchev–Trinajstić information content (AvgIpc) is 2.73. The number of nitrogens with one attached hydrogen (secondary N) is 2. The summed E-state index contributed by atoms with van der Waals surface area (Å²) in [4.78, 5) is 11.8. The third-order valence-electron chi connectivity index (χ3n) is 3.67. The van der Waals surface area contributed by atoms with Crippen LogP contribution in [0.15, 0.2) is 0 Å². The van der Waals surface area contributed by atoms with Crippen LogP contribution in [0, 0.1) is 5.92 Å². The molecule has 0 bridgehead atoms. The molecule has 2 heterocycles. The minimum absolute atomic E-state index is 0.00176. The van der Waals surface area contributed by atoms with Crippen LogP contribution in [0.4, 0.5) is 0 Å². The molecular weight excluding hydrogens is 204 g/mol. The standard InChI is InChI=1S/C12H22N2O2/c1-9(10-5-7-16-8-10)14-11-4-2-3-6-13-12(11)15/h9-11,14H,2-8H2,1H3,(H,13,15). The summed E-state index contributed by atoms with van der Waals surface area (Å²) in [7, 11) is 0. The quantitative estimate of drug-likeness (QED) is 0.743. The van der Waals surface area contributed by atoms with Crippen LogP contribution in [0.2, 0.25) is 0 Å². The van der Waals surface area contributed by atoms with Gasteiger partial charge < -0.3 is 15.4 Å². The number of carbonyl (C=O) groups excluding carboxylic acids is 1. The number of hydrogen-bond donors (Lipinski definition) is 2. The van der Waals surface area contributed by atoms with Crippen LogP contribution in [0.5, 0.6) is 0 Å². The zero-order valence-electron chi connectivity index (χ0n) is 10.00. The summed E-state index contributed by atoms with van der Waals surface area (Å²) in [5, 5.41) is 6.42. The smallest absolute Gasteiger partial charge is 0.237 e. The van der Waals surface area contributed by atoms with Gasteiger partial charge in [0.1, 0.15) is 0 Å². The predicted octanol–water partition coefficient (Wildman–Crippen LogP) is 0.670. The molecular formula is C12H22N2O2. The van der Waals surface area contributed by atoms with E-state index in [1.807, 2.05) is 0 Å². The van der Waals surface area contributed by atoms with E-state index in [0.717, 1.165) is 45.4 Å². The Bertz CT molecular complexity index is 239. The van der Waals surface area contributed by atoms with Crippen molar-refractivity contribution in [3.63, 3.8) is 0 Å². The molecule has 0 spiro atoms. The Labute approximate surface area is 97.1 Å². The minimum atomic E-state index is -0.00176. The number of amides is 1. The molecule has 0 aromatic rings. The van der Waals surface area contributed by atoms with Gasteiger partial charge in [-0.3, -0.25) is 4.79 Å². The lowest BCUT2D eigenvalue weighted by molar-refractivity contribution is -0.123. The van der Waals surface area contributed by atoms with Crippen LogP contribution in [0.1, 0.15) is 32.6 Å². The third kappa shape index (κ3) is 2.95. The summed E-state index contributed by atoms with van der Waals surface area (Å²) in [5.41, 5.74) is 0. The van der Waals surface area contributed by atoms with Crippen molar-refractivity contribution in [2.75, 3.05) is 19.8 Å². The molecule has 4 nitrogen and oxygen atoms in total. The van der Waals surface area contributed by atoms with Crippen LogP contribution >= 0.6 is 0 Å². The van der Waals surface area contributed by atoms with Gasteiger partial charge in [0.2, 0.25) is 5.91 Å². The van der Waals surface area contributed by atoms with Crippen molar-refractivity contribution in [1.82, 2.24) is 10.6 Å². The number of carbonyl (C=O) groups is 1. The van der Waals surface area contributed by atoms with Crippen molar-refractivity contribution < 1.29 is 9.53 Å². The Morgan fingerprint density at radius 1 is 1.44 bits per heavy atom. The second kappa shape index (κ2) is 5.64. The normalized spacial score (nSPS) is 33.2. The highest BCUT2D eigenvalue weighted by Gasteiger charge is 2.27. The summed E-state index contributed by atoms with van der Waals surface area (Å²) in [6.45, 7) is 4.70. The van der Waals surface area contributed by atoms with Crippen molar-refractivity contribution in [3.8, 4) is 0 Å². The molecule has 0 saturated carbocycles. The molecule has 2 aliphatic heterocycles. The molecule has 2 N–H and O–H groups in total. The first-order valence-corrected chi connectivity index (χ1v) is 6.39. The lowest BCUT2D eigenvalue weighted by Crippen LogP contribution is -2.48. The second-order valence-corrected chi connectivity index (χ2v) is 4.92. The van der Waals surface area contributed by atoms with E-state index >= 15 is 0 Å². The van der Waals surface area contributed by atoms with Gasteiger partial charge in [0.15, 0.2) is 0 Å². The Morgan fingerprint density at radius 2 is 2.31 bits per heavy atom. The predicted molar refractivity (Wildman–Crippen MR) is 62.2 cm³/mol. The molecule has 2 saturated heterocycles. The molecule has 0 aromatic carbocycles. The van der Waals surface area contributed by atoms with Crippen LogP contribution in [-0.4, -0.2) is 37.7 Å². The van der Waals surface area contributed by atoms with E-state index in [0.29, 0.717) is 12.0 Å². The van der Waals surface area contributed by atoms with Gasteiger partial charge >= 0.3 is 0 Å². The zero-order chi connectivity index (χ0) is 11.4. The Kier molecular flexibility index (Phi) is 4.18. The highest BCUT2D eigenvalue weighted by atomic mass is 16.5. The zero-order valence-corrected chi connectivity index (χ0v) is 10.00. The third-order valence-corrected chi connectivity index (χ3v) is 3.67. The van der Waals surface area contributed by atoms with Gasteiger partial charge in [-0.2, -0.15) is 0 Å². The lowest BCUT2D eigenvalue weighted by Gasteiger charge is -2.24. The summed E-state index contributed by atoms with van der Waals surface area (Å²) in [5.74, 6) is 0.735. The fourth-order valence-electron chi connectivity index (χ4n) is 2.50.